The fraction of sp³-hybridized carbons (Fsp3) is 0.364. The van der Waals surface area contributed by atoms with Crippen molar-refractivity contribution < 1.29 is 9.59 Å². The number of aryl methyl sites for hydroxylation is 1. The minimum atomic E-state index is -0.220. The van der Waals surface area contributed by atoms with E-state index in [4.69, 9.17) is 9.97 Å². The van der Waals surface area contributed by atoms with E-state index in [1.54, 1.807) is 34.9 Å². The smallest absolute Gasteiger partial charge is 0.317 e. The highest BCUT2D eigenvalue weighted by atomic mass is 16.2. The standard InChI is InChI=1S/C33H37N7O3/c1-23-28-16-17-29(41)40(27-14-12-25(13-15-27)31(42)34-22-24-8-4-2-5-9-24)30(28)37-32(35-23)38-18-20-39(21-19-38)33(43)36-26-10-6-3-7-11-26/h2,4-5,8-9,12-17,26H,3,6-7,10-11,18-22H2,1H3,(H,34,42)(H,36,43). The van der Waals surface area contributed by atoms with Gasteiger partial charge in [-0.2, -0.15) is 4.98 Å². The summed E-state index contributed by atoms with van der Waals surface area (Å²) in [5.41, 5.74) is 3.19. The van der Waals surface area contributed by atoms with Gasteiger partial charge >= 0.3 is 6.03 Å². The Kier molecular flexibility index (Phi) is 8.35. The molecule has 2 aromatic heterocycles. The number of anilines is 1. The predicted molar refractivity (Wildman–Crippen MR) is 167 cm³/mol. The van der Waals surface area contributed by atoms with Crippen LogP contribution in [0.4, 0.5) is 10.7 Å². The number of rotatable bonds is 6. The maximum Gasteiger partial charge on any atom is 0.317 e. The van der Waals surface area contributed by atoms with Crippen molar-refractivity contribution in [3.63, 3.8) is 0 Å². The molecule has 1 saturated carbocycles. The fourth-order valence-electron chi connectivity index (χ4n) is 5.91. The third-order valence-corrected chi connectivity index (χ3v) is 8.40. The molecule has 10 heteroatoms. The molecule has 2 N–H and O–H groups in total. The molecule has 2 fully saturated rings. The van der Waals surface area contributed by atoms with Crippen molar-refractivity contribution >= 4 is 28.9 Å². The zero-order chi connectivity index (χ0) is 29.8. The van der Waals surface area contributed by atoms with E-state index in [0.29, 0.717) is 55.6 Å². The van der Waals surface area contributed by atoms with Gasteiger partial charge in [0.2, 0.25) is 5.95 Å². The molecular formula is C33H37N7O3. The Hall–Kier alpha value is -4.73. The van der Waals surface area contributed by atoms with Crippen molar-refractivity contribution in [2.24, 2.45) is 0 Å². The normalized spacial score (nSPS) is 15.8. The Morgan fingerprint density at radius 3 is 2.30 bits per heavy atom. The molecular weight excluding hydrogens is 542 g/mol. The second kappa shape index (κ2) is 12.6. The molecule has 1 aliphatic carbocycles. The predicted octanol–water partition coefficient (Wildman–Crippen LogP) is 4.18. The summed E-state index contributed by atoms with van der Waals surface area (Å²) >= 11 is 0. The van der Waals surface area contributed by atoms with Crippen molar-refractivity contribution in [3.8, 4) is 5.69 Å². The molecule has 3 amide bonds. The van der Waals surface area contributed by atoms with E-state index in [1.165, 1.54) is 25.3 Å². The van der Waals surface area contributed by atoms with Gasteiger partial charge in [0, 0.05) is 55.8 Å². The molecule has 10 nitrogen and oxygen atoms in total. The fourth-order valence-corrected chi connectivity index (χ4v) is 5.91. The summed E-state index contributed by atoms with van der Waals surface area (Å²) in [4.78, 5) is 52.3. The van der Waals surface area contributed by atoms with E-state index < -0.39 is 0 Å². The van der Waals surface area contributed by atoms with Gasteiger partial charge in [0.25, 0.3) is 11.5 Å². The summed E-state index contributed by atoms with van der Waals surface area (Å²) in [6.45, 7) is 4.71. The number of hydrogen-bond acceptors (Lipinski definition) is 6. The van der Waals surface area contributed by atoms with Crippen LogP contribution in [0.5, 0.6) is 0 Å². The number of fused-ring (bicyclic) bond motifs is 1. The average molecular weight is 580 g/mol. The third-order valence-electron chi connectivity index (χ3n) is 8.40. The molecule has 2 aromatic carbocycles. The molecule has 0 atom stereocenters. The Morgan fingerprint density at radius 1 is 0.860 bits per heavy atom. The van der Waals surface area contributed by atoms with Crippen LogP contribution in [0.25, 0.3) is 16.7 Å². The Morgan fingerprint density at radius 2 is 1.58 bits per heavy atom. The van der Waals surface area contributed by atoms with Gasteiger partial charge < -0.3 is 20.4 Å². The molecule has 3 heterocycles. The quantitative estimate of drug-likeness (QED) is 0.355. The number of amides is 3. The number of carbonyl (C=O) groups is 2. The van der Waals surface area contributed by atoms with Crippen LogP contribution in [0.2, 0.25) is 0 Å². The molecule has 1 saturated heterocycles. The van der Waals surface area contributed by atoms with Crippen LogP contribution in [-0.4, -0.2) is 63.6 Å². The zero-order valence-electron chi connectivity index (χ0n) is 24.5. The molecule has 2 aliphatic rings. The van der Waals surface area contributed by atoms with Crippen molar-refractivity contribution in [3.05, 3.63) is 93.9 Å². The number of hydrogen-bond donors (Lipinski definition) is 2. The molecule has 0 spiro atoms. The van der Waals surface area contributed by atoms with Crippen molar-refractivity contribution in [1.82, 2.24) is 30.1 Å². The van der Waals surface area contributed by atoms with Gasteiger partial charge in [-0.1, -0.05) is 49.6 Å². The molecule has 6 rings (SSSR count). The summed E-state index contributed by atoms with van der Waals surface area (Å²) in [7, 11) is 0. The number of benzene rings is 2. The lowest BCUT2D eigenvalue weighted by Crippen LogP contribution is -2.54. The van der Waals surface area contributed by atoms with Crippen LogP contribution in [0.1, 0.15) is 53.7 Å². The minimum Gasteiger partial charge on any atom is -0.348 e. The highest BCUT2D eigenvalue weighted by Gasteiger charge is 2.26. The first kappa shape index (κ1) is 28.4. The number of piperazine rings is 1. The lowest BCUT2D eigenvalue weighted by atomic mass is 9.96. The number of urea groups is 1. The van der Waals surface area contributed by atoms with Gasteiger partial charge in [-0.05, 0) is 55.7 Å². The summed E-state index contributed by atoms with van der Waals surface area (Å²) in [5, 5.41) is 6.92. The first-order valence-corrected chi connectivity index (χ1v) is 15.1. The molecule has 0 bridgehead atoms. The van der Waals surface area contributed by atoms with Gasteiger partial charge in [-0.25, -0.2) is 9.78 Å². The van der Waals surface area contributed by atoms with Crippen LogP contribution in [0, 0.1) is 6.92 Å². The maximum absolute atomic E-state index is 13.2. The van der Waals surface area contributed by atoms with Gasteiger partial charge in [-0.3, -0.25) is 14.2 Å². The highest BCUT2D eigenvalue weighted by Crippen LogP contribution is 2.22. The third kappa shape index (κ3) is 6.38. The molecule has 0 unspecified atom stereocenters. The molecule has 4 aromatic rings. The molecule has 1 aliphatic heterocycles. The van der Waals surface area contributed by atoms with Gasteiger partial charge in [0.1, 0.15) is 0 Å². The van der Waals surface area contributed by atoms with E-state index >= 15 is 0 Å². The monoisotopic (exact) mass is 579 g/mol. The Bertz CT molecular complexity index is 1660. The maximum atomic E-state index is 13.2. The second-order valence-corrected chi connectivity index (χ2v) is 11.3. The highest BCUT2D eigenvalue weighted by molar-refractivity contribution is 5.94. The SMILES string of the molecule is Cc1nc(N2CCN(C(=O)NC3CCCCC3)CC2)nc2c1ccc(=O)n2-c1ccc(C(=O)NCc2ccccc2)cc1. The van der Waals surface area contributed by atoms with Crippen molar-refractivity contribution in [1.29, 1.82) is 0 Å². The summed E-state index contributed by atoms with van der Waals surface area (Å²) in [6.07, 6.45) is 5.72. The lowest BCUT2D eigenvalue weighted by Gasteiger charge is -2.36. The second-order valence-electron chi connectivity index (χ2n) is 11.3. The van der Waals surface area contributed by atoms with Crippen LogP contribution in [0.15, 0.2) is 71.5 Å². The van der Waals surface area contributed by atoms with Crippen LogP contribution in [0.3, 0.4) is 0 Å². The molecule has 43 heavy (non-hydrogen) atoms. The van der Waals surface area contributed by atoms with Gasteiger partial charge in [0.05, 0.1) is 11.4 Å². The Balaban J connectivity index is 1.18. The molecule has 0 radical (unpaired) electrons. The first-order valence-electron chi connectivity index (χ1n) is 15.1. The van der Waals surface area contributed by atoms with Crippen LogP contribution in [-0.2, 0) is 6.54 Å². The summed E-state index contributed by atoms with van der Waals surface area (Å²) in [5.74, 6) is 0.348. The Labute approximate surface area is 250 Å². The van der Waals surface area contributed by atoms with E-state index in [0.717, 1.165) is 29.5 Å². The number of aromatic nitrogens is 3. The average Bonchev–Trinajstić information content (AvgIpc) is 3.04. The number of carbonyl (C=O) groups excluding carboxylic acids is 2. The van der Waals surface area contributed by atoms with Crippen LogP contribution >= 0.6 is 0 Å². The van der Waals surface area contributed by atoms with Crippen molar-refractivity contribution in [2.45, 2.75) is 51.6 Å². The zero-order valence-corrected chi connectivity index (χ0v) is 24.5. The van der Waals surface area contributed by atoms with Crippen LogP contribution < -0.4 is 21.1 Å². The summed E-state index contributed by atoms with van der Waals surface area (Å²) < 4.78 is 1.56. The van der Waals surface area contributed by atoms with Crippen molar-refractivity contribution in [2.75, 3.05) is 31.1 Å². The number of nitrogens with zero attached hydrogens (tertiary/aromatic N) is 5. The van der Waals surface area contributed by atoms with Gasteiger partial charge in [0.15, 0.2) is 5.65 Å². The molecule has 222 valence electrons. The minimum absolute atomic E-state index is 0.00759. The van der Waals surface area contributed by atoms with Gasteiger partial charge in [-0.15, -0.1) is 0 Å². The van der Waals surface area contributed by atoms with E-state index in [1.807, 2.05) is 42.2 Å². The van der Waals surface area contributed by atoms with E-state index in [2.05, 4.69) is 15.5 Å². The number of nitrogens with one attached hydrogen (secondary N) is 2. The topological polar surface area (TPSA) is 112 Å². The number of pyridine rings is 1. The summed E-state index contributed by atoms with van der Waals surface area (Å²) in [6, 6.07) is 20.3. The van der Waals surface area contributed by atoms with E-state index in [9.17, 15) is 14.4 Å². The van der Waals surface area contributed by atoms with E-state index in [-0.39, 0.29) is 23.5 Å². The lowest BCUT2D eigenvalue weighted by molar-refractivity contribution is 0.0951. The largest absolute Gasteiger partial charge is 0.348 e. The first-order chi connectivity index (χ1) is 21.0.